The maximum atomic E-state index is 11.8. The number of aliphatic hydroxyl groups excluding tert-OH is 1. The summed E-state index contributed by atoms with van der Waals surface area (Å²) < 4.78 is 28.9. The van der Waals surface area contributed by atoms with Crippen LogP contribution in [0.4, 0.5) is 0 Å². The molecule has 0 spiro atoms. The second kappa shape index (κ2) is 6.61. The van der Waals surface area contributed by atoms with Crippen molar-refractivity contribution in [1.29, 1.82) is 0 Å². The number of hydrogen-bond acceptors (Lipinski definition) is 4. The Balaban J connectivity index is 2.73. The summed E-state index contributed by atoms with van der Waals surface area (Å²) in [6.45, 7) is 2.52. The van der Waals surface area contributed by atoms with E-state index in [1.165, 1.54) is 12.1 Å². The fourth-order valence-electron chi connectivity index (χ4n) is 1.34. The quantitative estimate of drug-likeness (QED) is 0.807. The topological polar surface area (TPSA) is 63.6 Å². The molecule has 0 aliphatic carbocycles. The molecule has 0 aromatic heterocycles. The lowest BCUT2D eigenvalue weighted by atomic mass is 10.3. The van der Waals surface area contributed by atoms with Crippen LogP contribution in [0.25, 0.3) is 0 Å². The van der Waals surface area contributed by atoms with Gasteiger partial charge in [0.05, 0.1) is 17.3 Å². The molecular formula is C12H18O4S. The molecule has 0 heterocycles. The average Bonchev–Trinajstić information content (AvgIpc) is 2.34. The van der Waals surface area contributed by atoms with Crippen molar-refractivity contribution in [2.45, 2.75) is 24.7 Å². The van der Waals surface area contributed by atoms with E-state index in [4.69, 9.17) is 9.84 Å². The first-order chi connectivity index (χ1) is 8.10. The Hall–Kier alpha value is -1.07. The Morgan fingerprint density at radius 2 is 1.88 bits per heavy atom. The summed E-state index contributed by atoms with van der Waals surface area (Å²) in [5, 5.41) is 8.63. The van der Waals surface area contributed by atoms with Gasteiger partial charge >= 0.3 is 0 Å². The molecule has 0 aliphatic rings. The molecular weight excluding hydrogens is 240 g/mol. The number of ether oxygens (including phenoxy) is 1. The summed E-state index contributed by atoms with van der Waals surface area (Å²) in [6, 6.07) is 6.39. The van der Waals surface area contributed by atoms with Crippen LogP contribution in [0, 0.1) is 0 Å². The lowest BCUT2D eigenvalue weighted by Gasteiger charge is -2.06. The van der Waals surface area contributed by atoms with Crippen LogP contribution in [0.2, 0.25) is 0 Å². The molecule has 0 radical (unpaired) electrons. The highest BCUT2D eigenvalue weighted by molar-refractivity contribution is 7.91. The molecule has 5 heteroatoms. The molecule has 1 rings (SSSR count). The Labute approximate surface area is 102 Å². The maximum Gasteiger partial charge on any atom is 0.178 e. The van der Waals surface area contributed by atoms with E-state index in [0.29, 0.717) is 12.4 Å². The van der Waals surface area contributed by atoms with Gasteiger partial charge in [0.2, 0.25) is 0 Å². The monoisotopic (exact) mass is 258 g/mol. The van der Waals surface area contributed by atoms with Gasteiger partial charge in [-0.3, -0.25) is 0 Å². The maximum absolute atomic E-state index is 11.8. The second-order valence-electron chi connectivity index (χ2n) is 3.72. The van der Waals surface area contributed by atoms with E-state index in [9.17, 15) is 8.42 Å². The summed E-state index contributed by atoms with van der Waals surface area (Å²) >= 11 is 0. The fraction of sp³-hybridized carbons (Fsp3) is 0.500. The van der Waals surface area contributed by atoms with Crippen molar-refractivity contribution < 1.29 is 18.3 Å². The van der Waals surface area contributed by atoms with Crippen LogP contribution in [-0.4, -0.2) is 32.5 Å². The third kappa shape index (κ3) is 4.36. The van der Waals surface area contributed by atoms with E-state index < -0.39 is 9.84 Å². The second-order valence-corrected chi connectivity index (χ2v) is 5.83. The van der Waals surface area contributed by atoms with Gasteiger partial charge in [0.25, 0.3) is 0 Å². The summed E-state index contributed by atoms with van der Waals surface area (Å²) in [5.41, 5.74) is 0. The van der Waals surface area contributed by atoms with Crippen LogP contribution < -0.4 is 4.74 Å². The van der Waals surface area contributed by atoms with Crippen LogP contribution in [-0.2, 0) is 9.84 Å². The largest absolute Gasteiger partial charge is 0.494 e. The van der Waals surface area contributed by atoms with E-state index in [2.05, 4.69) is 0 Å². The summed E-state index contributed by atoms with van der Waals surface area (Å²) in [4.78, 5) is 0.273. The van der Waals surface area contributed by atoms with E-state index in [-0.39, 0.29) is 23.7 Å². The first-order valence-electron chi connectivity index (χ1n) is 5.66. The molecule has 0 bridgehead atoms. The third-order valence-electron chi connectivity index (χ3n) is 2.23. The minimum Gasteiger partial charge on any atom is -0.494 e. The highest BCUT2D eigenvalue weighted by Gasteiger charge is 2.13. The van der Waals surface area contributed by atoms with Crippen molar-refractivity contribution in [1.82, 2.24) is 0 Å². The van der Waals surface area contributed by atoms with Crippen molar-refractivity contribution in [3.8, 4) is 5.75 Å². The molecule has 0 unspecified atom stereocenters. The van der Waals surface area contributed by atoms with Crippen LogP contribution in [0.15, 0.2) is 29.2 Å². The van der Waals surface area contributed by atoms with Gasteiger partial charge in [-0.15, -0.1) is 0 Å². The van der Waals surface area contributed by atoms with Crippen molar-refractivity contribution in [3.63, 3.8) is 0 Å². The molecule has 0 saturated heterocycles. The van der Waals surface area contributed by atoms with Gasteiger partial charge in [-0.25, -0.2) is 8.42 Å². The summed E-state index contributed by atoms with van der Waals surface area (Å²) in [7, 11) is -3.28. The highest BCUT2D eigenvalue weighted by Crippen LogP contribution is 2.17. The Bertz CT molecular complexity index is 422. The van der Waals surface area contributed by atoms with Crippen molar-refractivity contribution >= 4 is 9.84 Å². The van der Waals surface area contributed by atoms with Crippen LogP contribution in [0.3, 0.4) is 0 Å². The Morgan fingerprint density at radius 3 is 2.41 bits per heavy atom. The molecule has 0 atom stereocenters. The molecule has 1 N–H and O–H groups in total. The number of sulfone groups is 1. The number of rotatable bonds is 7. The molecule has 0 fully saturated rings. The van der Waals surface area contributed by atoms with Gasteiger partial charge in [0.15, 0.2) is 9.84 Å². The first kappa shape index (κ1) is 14.0. The molecule has 0 saturated carbocycles. The van der Waals surface area contributed by atoms with Gasteiger partial charge in [-0.1, -0.05) is 6.92 Å². The zero-order valence-electron chi connectivity index (χ0n) is 9.93. The normalized spacial score (nSPS) is 11.4. The molecule has 4 nitrogen and oxygen atoms in total. The van der Waals surface area contributed by atoms with Crippen molar-refractivity contribution in [2.24, 2.45) is 0 Å². The van der Waals surface area contributed by atoms with Gasteiger partial charge in [0.1, 0.15) is 5.75 Å². The Kier molecular flexibility index (Phi) is 5.44. The third-order valence-corrected chi connectivity index (χ3v) is 4.04. The molecule has 1 aromatic rings. The van der Waals surface area contributed by atoms with E-state index >= 15 is 0 Å². The smallest absolute Gasteiger partial charge is 0.178 e. The average molecular weight is 258 g/mol. The molecule has 0 amide bonds. The van der Waals surface area contributed by atoms with Gasteiger partial charge < -0.3 is 9.84 Å². The number of hydrogen-bond donors (Lipinski definition) is 1. The van der Waals surface area contributed by atoms with Crippen LogP contribution in [0.1, 0.15) is 19.8 Å². The van der Waals surface area contributed by atoms with Crippen LogP contribution in [0.5, 0.6) is 5.75 Å². The van der Waals surface area contributed by atoms with Crippen LogP contribution >= 0.6 is 0 Å². The zero-order chi connectivity index (χ0) is 12.7. The van der Waals surface area contributed by atoms with Gasteiger partial charge in [0, 0.05) is 6.61 Å². The van der Waals surface area contributed by atoms with E-state index in [1.807, 2.05) is 6.92 Å². The molecule has 0 aliphatic heterocycles. The molecule has 96 valence electrons. The zero-order valence-corrected chi connectivity index (χ0v) is 10.7. The minimum atomic E-state index is -3.28. The molecule has 17 heavy (non-hydrogen) atoms. The standard InChI is InChI=1S/C12H18O4S/c1-2-9-16-11-4-6-12(7-5-11)17(14,15)10-3-8-13/h4-7,13H,2-3,8-10H2,1H3. The first-order valence-corrected chi connectivity index (χ1v) is 7.32. The summed E-state index contributed by atoms with van der Waals surface area (Å²) in [6.07, 6.45) is 1.17. The molecule has 1 aromatic carbocycles. The van der Waals surface area contributed by atoms with E-state index in [0.717, 1.165) is 6.42 Å². The van der Waals surface area contributed by atoms with Gasteiger partial charge in [-0.2, -0.15) is 0 Å². The number of benzene rings is 1. The van der Waals surface area contributed by atoms with E-state index in [1.54, 1.807) is 12.1 Å². The highest BCUT2D eigenvalue weighted by atomic mass is 32.2. The number of aliphatic hydroxyl groups is 1. The predicted molar refractivity (Wildman–Crippen MR) is 66.0 cm³/mol. The van der Waals surface area contributed by atoms with Gasteiger partial charge in [-0.05, 0) is 37.1 Å². The predicted octanol–water partition coefficient (Wildman–Crippen LogP) is 1.63. The SMILES string of the molecule is CCCOc1ccc(S(=O)(=O)CCCO)cc1. The Morgan fingerprint density at radius 1 is 1.24 bits per heavy atom. The summed E-state index contributed by atoms with van der Waals surface area (Å²) in [5.74, 6) is 0.645. The van der Waals surface area contributed by atoms with Crippen molar-refractivity contribution in [3.05, 3.63) is 24.3 Å². The van der Waals surface area contributed by atoms with Crippen molar-refractivity contribution in [2.75, 3.05) is 19.0 Å². The lowest BCUT2D eigenvalue weighted by molar-refractivity contribution is 0.295. The fourth-order valence-corrected chi connectivity index (χ4v) is 2.63. The minimum absolute atomic E-state index is 0.0291. The lowest BCUT2D eigenvalue weighted by Crippen LogP contribution is -2.08.